The fourth-order valence-electron chi connectivity index (χ4n) is 2.82. The summed E-state index contributed by atoms with van der Waals surface area (Å²) < 4.78 is 0. The molecule has 0 bridgehead atoms. The van der Waals surface area contributed by atoms with Crippen LogP contribution in [0.3, 0.4) is 0 Å². The summed E-state index contributed by atoms with van der Waals surface area (Å²) in [6.07, 6.45) is 6.62. The van der Waals surface area contributed by atoms with Gasteiger partial charge in [-0.15, -0.1) is 0 Å². The second-order valence-corrected chi connectivity index (χ2v) is 5.83. The molecule has 1 aromatic heterocycles. The maximum atomic E-state index is 12.2. The van der Waals surface area contributed by atoms with E-state index in [1.54, 1.807) is 6.20 Å². The third kappa shape index (κ3) is 4.03. The third-order valence-corrected chi connectivity index (χ3v) is 4.08. The highest BCUT2D eigenvalue weighted by Gasteiger charge is 2.39. The number of carboxylic acid groups (broad SMARTS) is 1. The zero-order chi connectivity index (χ0) is 15.3. The number of aliphatic carboxylic acids is 1. The van der Waals surface area contributed by atoms with E-state index in [-0.39, 0.29) is 12.3 Å². The molecule has 114 valence electrons. The van der Waals surface area contributed by atoms with E-state index in [2.05, 4.69) is 10.3 Å². The van der Waals surface area contributed by atoms with E-state index in [4.69, 9.17) is 0 Å². The van der Waals surface area contributed by atoms with Gasteiger partial charge >= 0.3 is 5.97 Å². The molecule has 1 heterocycles. The number of aromatic nitrogens is 1. The maximum Gasteiger partial charge on any atom is 0.329 e. The molecule has 0 radical (unpaired) electrons. The standard InChI is InChI=1S/C16H22N2O3/c1-12-6-7-13(11-17-12)10-14(19)18-16(15(20)21)8-4-2-3-5-9-16/h6-7,11H,2-5,8-10H2,1H3,(H,18,19)(H,20,21). The molecule has 5 heteroatoms. The van der Waals surface area contributed by atoms with E-state index in [1.807, 2.05) is 19.1 Å². The van der Waals surface area contributed by atoms with Gasteiger partial charge < -0.3 is 10.4 Å². The lowest BCUT2D eigenvalue weighted by molar-refractivity contribution is -0.148. The molecule has 0 unspecified atom stereocenters. The first-order valence-electron chi connectivity index (χ1n) is 7.48. The number of pyridine rings is 1. The van der Waals surface area contributed by atoms with Crippen molar-refractivity contribution in [2.24, 2.45) is 0 Å². The minimum Gasteiger partial charge on any atom is -0.480 e. The zero-order valence-electron chi connectivity index (χ0n) is 12.4. The Morgan fingerprint density at radius 2 is 1.90 bits per heavy atom. The van der Waals surface area contributed by atoms with Crippen molar-refractivity contribution in [1.82, 2.24) is 10.3 Å². The van der Waals surface area contributed by atoms with Crippen LogP contribution in [0.5, 0.6) is 0 Å². The molecule has 21 heavy (non-hydrogen) atoms. The maximum absolute atomic E-state index is 12.2. The third-order valence-electron chi connectivity index (χ3n) is 4.08. The Hall–Kier alpha value is -1.91. The zero-order valence-corrected chi connectivity index (χ0v) is 12.4. The van der Waals surface area contributed by atoms with Crippen LogP contribution in [0.4, 0.5) is 0 Å². The Morgan fingerprint density at radius 3 is 2.43 bits per heavy atom. The van der Waals surface area contributed by atoms with Gasteiger partial charge in [0.1, 0.15) is 5.54 Å². The summed E-state index contributed by atoms with van der Waals surface area (Å²) in [6.45, 7) is 1.88. The molecule has 1 aromatic rings. The lowest BCUT2D eigenvalue weighted by atomic mass is 9.90. The molecular weight excluding hydrogens is 268 g/mol. The van der Waals surface area contributed by atoms with Gasteiger partial charge in [0.25, 0.3) is 0 Å². The van der Waals surface area contributed by atoms with E-state index >= 15 is 0 Å². The van der Waals surface area contributed by atoms with Gasteiger partial charge in [-0.25, -0.2) is 4.79 Å². The number of carbonyl (C=O) groups excluding carboxylic acids is 1. The monoisotopic (exact) mass is 290 g/mol. The summed E-state index contributed by atoms with van der Waals surface area (Å²) >= 11 is 0. The average molecular weight is 290 g/mol. The molecule has 5 nitrogen and oxygen atoms in total. The van der Waals surface area contributed by atoms with Gasteiger partial charge in [-0.1, -0.05) is 31.7 Å². The number of aryl methyl sites for hydroxylation is 1. The SMILES string of the molecule is Cc1ccc(CC(=O)NC2(C(=O)O)CCCCCC2)cn1. The smallest absolute Gasteiger partial charge is 0.329 e. The van der Waals surface area contributed by atoms with Gasteiger partial charge in [-0.05, 0) is 31.4 Å². The second kappa shape index (κ2) is 6.70. The van der Waals surface area contributed by atoms with Crippen molar-refractivity contribution in [1.29, 1.82) is 0 Å². The number of rotatable bonds is 4. The van der Waals surface area contributed by atoms with Crippen LogP contribution in [0.2, 0.25) is 0 Å². The first-order valence-corrected chi connectivity index (χ1v) is 7.48. The molecule has 0 spiro atoms. The predicted octanol–water partition coefficient (Wildman–Crippen LogP) is 2.23. The van der Waals surface area contributed by atoms with Gasteiger partial charge in [0, 0.05) is 11.9 Å². The Balaban J connectivity index is 2.04. The minimum absolute atomic E-state index is 0.169. The minimum atomic E-state index is -1.09. The lowest BCUT2D eigenvalue weighted by Crippen LogP contribution is -2.54. The highest BCUT2D eigenvalue weighted by molar-refractivity contribution is 5.88. The van der Waals surface area contributed by atoms with E-state index in [0.29, 0.717) is 12.8 Å². The van der Waals surface area contributed by atoms with E-state index < -0.39 is 11.5 Å². The topological polar surface area (TPSA) is 79.3 Å². The van der Waals surface area contributed by atoms with Crippen LogP contribution in [-0.4, -0.2) is 27.5 Å². The van der Waals surface area contributed by atoms with Crippen molar-refractivity contribution in [3.05, 3.63) is 29.6 Å². The molecule has 2 N–H and O–H groups in total. The Labute approximate surface area is 124 Å². The Morgan fingerprint density at radius 1 is 1.24 bits per heavy atom. The van der Waals surface area contributed by atoms with Crippen LogP contribution in [0.1, 0.15) is 49.8 Å². The molecule has 1 saturated carbocycles. The molecule has 0 saturated heterocycles. The first kappa shape index (κ1) is 15.5. The largest absolute Gasteiger partial charge is 0.480 e. The van der Waals surface area contributed by atoms with Crippen molar-refractivity contribution < 1.29 is 14.7 Å². The van der Waals surface area contributed by atoms with E-state index in [9.17, 15) is 14.7 Å². The second-order valence-electron chi connectivity index (χ2n) is 5.83. The number of hydrogen-bond donors (Lipinski definition) is 2. The van der Waals surface area contributed by atoms with Crippen LogP contribution in [0, 0.1) is 6.92 Å². The summed E-state index contributed by atoms with van der Waals surface area (Å²) in [4.78, 5) is 28.0. The Bertz CT molecular complexity index is 503. The molecule has 0 aromatic carbocycles. The number of nitrogens with one attached hydrogen (secondary N) is 1. The van der Waals surface area contributed by atoms with Crippen LogP contribution in [0.25, 0.3) is 0 Å². The summed E-state index contributed by atoms with van der Waals surface area (Å²) in [5, 5.41) is 12.3. The average Bonchev–Trinajstić information content (AvgIpc) is 2.68. The molecule has 1 aliphatic carbocycles. The van der Waals surface area contributed by atoms with Crippen LogP contribution >= 0.6 is 0 Å². The summed E-state index contributed by atoms with van der Waals surface area (Å²) in [5.41, 5.74) is 0.600. The number of hydrogen-bond acceptors (Lipinski definition) is 3. The first-order chi connectivity index (χ1) is 10.0. The predicted molar refractivity (Wildman–Crippen MR) is 78.9 cm³/mol. The molecular formula is C16H22N2O3. The quantitative estimate of drug-likeness (QED) is 0.833. The molecule has 1 amide bonds. The normalized spacial score (nSPS) is 17.8. The van der Waals surface area contributed by atoms with Gasteiger partial charge in [0.15, 0.2) is 0 Å². The summed E-state index contributed by atoms with van der Waals surface area (Å²) in [5.74, 6) is -1.16. The molecule has 1 fully saturated rings. The molecule has 2 rings (SSSR count). The molecule has 0 aliphatic heterocycles. The van der Waals surface area contributed by atoms with Crippen molar-refractivity contribution in [2.45, 2.75) is 57.4 Å². The van der Waals surface area contributed by atoms with Gasteiger partial charge in [0.2, 0.25) is 5.91 Å². The lowest BCUT2D eigenvalue weighted by Gasteiger charge is -2.29. The van der Waals surface area contributed by atoms with E-state index in [1.165, 1.54) is 0 Å². The van der Waals surface area contributed by atoms with Crippen molar-refractivity contribution in [3.63, 3.8) is 0 Å². The molecule has 0 atom stereocenters. The van der Waals surface area contributed by atoms with Crippen LogP contribution in [-0.2, 0) is 16.0 Å². The van der Waals surface area contributed by atoms with Gasteiger partial charge in [-0.2, -0.15) is 0 Å². The van der Waals surface area contributed by atoms with Gasteiger partial charge in [-0.3, -0.25) is 9.78 Å². The number of carbonyl (C=O) groups is 2. The summed E-state index contributed by atoms with van der Waals surface area (Å²) in [6, 6.07) is 3.70. The van der Waals surface area contributed by atoms with Gasteiger partial charge in [0.05, 0.1) is 6.42 Å². The highest BCUT2D eigenvalue weighted by Crippen LogP contribution is 2.27. The van der Waals surface area contributed by atoms with E-state index in [0.717, 1.165) is 36.9 Å². The fourth-order valence-corrected chi connectivity index (χ4v) is 2.82. The van der Waals surface area contributed by atoms with Crippen molar-refractivity contribution in [3.8, 4) is 0 Å². The Kier molecular flexibility index (Phi) is 4.94. The molecule has 1 aliphatic rings. The number of carboxylic acids is 1. The van der Waals surface area contributed by atoms with Crippen molar-refractivity contribution in [2.75, 3.05) is 0 Å². The van der Waals surface area contributed by atoms with Crippen molar-refractivity contribution >= 4 is 11.9 Å². The van der Waals surface area contributed by atoms with Crippen LogP contribution < -0.4 is 5.32 Å². The summed E-state index contributed by atoms with van der Waals surface area (Å²) in [7, 11) is 0. The highest BCUT2D eigenvalue weighted by atomic mass is 16.4. The number of amides is 1. The van der Waals surface area contributed by atoms with Crippen LogP contribution in [0.15, 0.2) is 18.3 Å². The number of nitrogens with zero attached hydrogens (tertiary/aromatic N) is 1. The fraction of sp³-hybridized carbons (Fsp3) is 0.562.